The van der Waals surface area contributed by atoms with E-state index < -0.39 is 0 Å². The zero-order valence-corrected chi connectivity index (χ0v) is 19.1. The molecular weight excluding hydrogens is 432 g/mol. The predicted molar refractivity (Wildman–Crippen MR) is 128 cm³/mol. The number of amides is 1. The van der Waals surface area contributed by atoms with E-state index in [0.717, 1.165) is 16.8 Å². The highest BCUT2D eigenvalue weighted by Crippen LogP contribution is 2.32. The van der Waals surface area contributed by atoms with Crippen molar-refractivity contribution < 1.29 is 19.0 Å². The van der Waals surface area contributed by atoms with Gasteiger partial charge in [0.05, 0.1) is 11.8 Å². The second-order valence-electron chi connectivity index (χ2n) is 8.23. The first-order valence-corrected chi connectivity index (χ1v) is 11.0. The summed E-state index contributed by atoms with van der Waals surface area (Å²) in [5.41, 5.74) is 4.03. The molecule has 0 aliphatic carbocycles. The van der Waals surface area contributed by atoms with Crippen molar-refractivity contribution in [1.29, 1.82) is 0 Å². The van der Waals surface area contributed by atoms with E-state index in [1.165, 1.54) is 0 Å². The first-order valence-electron chi connectivity index (χ1n) is 11.0. The average molecular weight is 457 g/mol. The van der Waals surface area contributed by atoms with E-state index >= 15 is 0 Å². The fourth-order valence-electron chi connectivity index (χ4n) is 3.55. The number of anilines is 1. The molecule has 0 saturated carbocycles. The Hall–Kier alpha value is -4.33. The van der Waals surface area contributed by atoms with Gasteiger partial charge < -0.3 is 19.5 Å². The maximum Gasteiger partial charge on any atom is 0.336 e. The highest BCUT2D eigenvalue weighted by molar-refractivity contribution is 6.04. The van der Waals surface area contributed by atoms with Gasteiger partial charge in [-0.25, -0.2) is 4.68 Å². The monoisotopic (exact) mass is 456 g/mol. The van der Waals surface area contributed by atoms with E-state index in [2.05, 4.69) is 15.4 Å². The molecule has 0 radical (unpaired) electrons. The number of nitrogens with one attached hydrogen (secondary N) is 1. The van der Waals surface area contributed by atoms with Crippen LogP contribution in [0.4, 0.5) is 5.69 Å². The molecule has 2 heterocycles. The lowest BCUT2D eigenvalue weighted by atomic mass is 10.1. The van der Waals surface area contributed by atoms with Crippen LogP contribution < -0.4 is 19.5 Å². The maximum atomic E-state index is 12.7. The van der Waals surface area contributed by atoms with Gasteiger partial charge in [-0.05, 0) is 63.2 Å². The van der Waals surface area contributed by atoms with E-state index in [1.54, 1.807) is 22.9 Å². The van der Waals surface area contributed by atoms with Crippen LogP contribution in [0.5, 0.6) is 17.5 Å². The van der Waals surface area contributed by atoms with Crippen LogP contribution in [-0.2, 0) is 0 Å². The summed E-state index contributed by atoms with van der Waals surface area (Å²) in [4.78, 5) is 17.3. The smallest absolute Gasteiger partial charge is 0.336 e. The molecule has 4 aromatic rings. The number of rotatable bonds is 6. The Balaban J connectivity index is 1.39. The number of fused-ring (bicyclic) bond motifs is 1. The summed E-state index contributed by atoms with van der Waals surface area (Å²) in [7, 11) is 0. The van der Waals surface area contributed by atoms with E-state index in [0.29, 0.717) is 34.6 Å². The third-order valence-electron chi connectivity index (χ3n) is 5.24. The number of ether oxygens (including phenoxy) is 3. The zero-order chi connectivity index (χ0) is 23.7. The molecule has 0 unspecified atom stereocenters. The largest absolute Gasteiger partial charge is 0.460 e. The van der Waals surface area contributed by atoms with Crippen LogP contribution in [0.3, 0.4) is 0 Å². The summed E-state index contributed by atoms with van der Waals surface area (Å²) >= 11 is 0. The standard InChI is InChI=1S/C26H24N4O4/c1-16(2)34-26-28-24(18-6-4-17(3)5-7-18)30(29-26)21-11-9-20(10-12-21)27-25(31)19-8-13-22-23(14-19)33-15-32-22/h4-14,16H,15H2,1-3H3,(H,27,31). The molecular formula is C26H24N4O4. The van der Waals surface area contributed by atoms with Crippen molar-refractivity contribution in [3.8, 4) is 34.6 Å². The number of hydrogen-bond acceptors (Lipinski definition) is 6. The van der Waals surface area contributed by atoms with Crippen LogP contribution >= 0.6 is 0 Å². The number of aryl methyl sites for hydroxylation is 1. The van der Waals surface area contributed by atoms with Gasteiger partial charge in [0, 0.05) is 16.8 Å². The third kappa shape index (κ3) is 4.43. The maximum absolute atomic E-state index is 12.7. The Morgan fingerprint density at radius 3 is 2.47 bits per heavy atom. The zero-order valence-electron chi connectivity index (χ0n) is 19.1. The molecule has 0 saturated heterocycles. The molecule has 0 spiro atoms. The second kappa shape index (κ2) is 8.90. The summed E-state index contributed by atoms with van der Waals surface area (Å²) in [6.45, 7) is 6.07. The quantitative estimate of drug-likeness (QED) is 0.439. The number of benzene rings is 3. The Kier molecular flexibility index (Phi) is 5.63. The Labute approximate surface area is 197 Å². The lowest BCUT2D eigenvalue weighted by molar-refractivity contribution is 0.102. The van der Waals surface area contributed by atoms with Crippen LogP contribution in [0, 0.1) is 6.92 Å². The lowest BCUT2D eigenvalue weighted by Gasteiger charge is -2.09. The number of hydrogen-bond donors (Lipinski definition) is 1. The van der Waals surface area contributed by atoms with Gasteiger partial charge in [-0.1, -0.05) is 29.8 Å². The molecule has 0 atom stereocenters. The minimum atomic E-state index is -0.236. The van der Waals surface area contributed by atoms with Gasteiger partial charge >= 0.3 is 6.01 Å². The molecule has 1 aromatic heterocycles. The highest BCUT2D eigenvalue weighted by Gasteiger charge is 2.18. The van der Waals surface area contributed by atoms with E-state index in [4.69, 9.17) is 14.2 Å². The van der Waals surface area contributed by atoms with Crippen LogP contribution in [-0.4, -0.2) is 33.6 Å². The number of carbonyl (C=O) groups is 1. The van der Waals surface area contributed by atoms with Crippen molar-refractivity contribution in [2.75, 3.05) is 12.1 Å². The van der Waals surface area contributed by atoms with Gasteiger partial charge in [0.1, 0.15) is 0 Å². The molecule has 34 heavy (non-hydrogen) atoms. The topological polar surface area (TPSA) is 87.5 Å². The molecule has 0 fully saturated rings. The SMILES string of the molecule is Cc1ccc(-c2nc(OC(C)C)nn2-c2ccc(NC(=O)c3ccc4c(c3)OCO4)cc2)cc1. The van der Waals surface area contributed by atoms with Crippen molar-refractivity contribution in [3.63, 3.8) is 0 Å². The molecule has 172 valence electrons. The normalized spacial score (nSPS) is 12.1. The Morgan fingerprint density at radius 2 is 1.74 bits per heavy atom. The predicted octanol–water partition coefficient (Wildman–Crippen LogP) is 5.01. The molecule has 5 rings (SSSR count). The molecule has 8 heteroatoms. The molecule has 8 nitrogen and oxygen atoms in total. The van der Waals surface area contributed by atoms with Gasteiger partial charge in [-0.2, -0.15) is 4.98 Å². The number of aromatic nitrogens is 3. The van der Waals surface area contributed by atoms with Crippen molar-refractivity contribution in [3.05, 3.63) is 77.9 Å². The Bertz CT molecular complexity index is 1330. The van der Waals surface area contributed by atoms with Gasteiger partial charge in [0.2, 0.25) is 6.79 Å². The summed E-state index contributed by atoms with van der Waals surface area (Å²) in [5, 5.41) is 7.47. The number of carbonyl (C=O) groups excluding carboxylic acids is 1. The first-order chi connectivity index (χ1) is 16.5. The fourth-order valence-corrected chi connectivity index (χ4v) is 3.55. The average Bonchev–Trinajstić information content (AvgIpc) is 3.46. The van der Waals surface area contributed by atoms with Crippen LogP contribution in [0.1, 0.15) is 29.8 Å². The molecule has 3 aromatic carbocycles. The van der Waals surface area contributed by atoms with E-state index in [9.17, 15) is 4.79 Å². The molecule has 0 bridgehead atoms. The summed E-state index contributed by atoms with van der Waals surface area (Å²) in [6.07, 6.45) is -0.0458. The Morgan fingerprint density at radius 1 is 1.00 bits per heavy atom. The van der Waals surface area contributed by atoms with Crippen molar-refractivity contribution in [2.24, 2.45) is 0 Å². The summed E-state index contributed by atoms with van der Waals surface area (Å²) in [5.74, 6) is 1.64. The van der Waals surface area contributed by atoms with Gasteiger partial charge in [-0.3, -0.25) is 4.79 Å². The third-order valence-corrected chi connectivity index (χ3v) is 5.24. The van der Waals surface area contributed by atoms with Crippen molar-refractivity contribution in [2.45, 2.75) is 26.9 Å². The molecule has 1 N–H and O–H groups in total. The van der Waals surface area contributed by atoms with E-state index in [-0.39, 0.29) is 18.8 Å². The first kappa shape index (κ1) is 21.5. The van der Waals surface area contributed by atoms with Crippen molar-refractivity contribution in [1.82, 2.24) is 14.8 Å². The summed E-state index contributed by atoms with van der Waals surface area (Å²) in [6, 6.07) is 20.9. The minimum Gasteiger partial charge on any atom is -0.460 e. The number of nitrogens with zero attached hydrogens (tertiary/aromatic N) is 3. The van der Waals surface area contributed by atoms with Crippen LogP contribution in [0.2, 0.25) is 0 Å². The molecule has 1 aliphatic rings. The lowest BCUT2D eigenvalue weighted by Crippen LogP contribution is -2.12. The van der Waals surface area contributed by atoms with Gasteiger partial charge in [0.25, 0.3) is 5.91 Å². The van der Waals surface area contributed by atoms with Gasteiger partial charge in [-0.15, -0.1) is 5.10 Å². The second-order valence-corrected chi connectivity index (χ2v) is 8.23. The van der Waals surface area contributed by atoms with Crippen LogP contribution in [0.25, 0.3) is 17.1 Å². The summed E-state index contributed by atoms with van der Waals surface area (Å²) < 4.78 is 18.1. The molecule has 1 amide bonds. The fraction of sp³-hybridized carbons (Fsp3) is 0.192. The van der Waals surface area contributed by atoms with Gasteiger partial charge in [0.15, 0.2) is 17.3 Å². The van der Waals surface area contributed by atoms with Crippen LogP contribution in [0.15, 0.2) is 66.7 Å². The van der Waals surface area contributed by atoms with E-state index in [1.807, 2.05) is 69.3 Å². The highest BCUT2D eigenvalue weighted by atomic mass is 16.7. The van der Waals surface area contributed by atoms with Crippen molar-refractivity contribution >= 4 is 11.6 Å². The molecule has 1 aliphatic heterocycles. The minimum absolute atomic E-state index is 0.0458.